The van der Waals surface area contributed by atoms with Crippen LogP contribution in [0.15, 0.2) is 83.9 Å². The summed E-state index contributed by atoms with van der Waals surface area (Å²) >= 11 is 0. The van der Waals surface area contributed by atoms with Crippen molar-refractivity contribution in [2.24, 2.45) is 0 Å². The summed E-state index contributed by atoms with van der Waals surface area (Å²) < 4.78 is 16.3. The molecule has 0 saturated carbocycles. The van der Waals surface area contributed by atoms with Gasteiger partial charge in [-0.05, 0) is 49.7 Å². The van der Waals surface area contributed by atoms with E-state index in [4.69, 9.17) is 0 Å². The molecule has 174 valence electrons. The summed E-state index contributed by atoms with van der Waals surface area (Å²) in [6, 6.07) is 17.8. The van der Waals surface area contributed by atoms with Crippen LogP contribution in [0, 0.1) is 12.7 Å². The molecule has 0 spiro atoms. The molecule has 2 aromatic heterocycles. The van der Waals surface area contributed by atoms with Gasteiger partial charge < -0.3 is 0 Å². The fourth-order valence-corrected chi connectivity index (χ4v) is 4.23. The van der Waals surface area contributed by atoms with Crippen LogP contribution < -0.4 is 15.0 Å². The smallest absolute Gasteiger partial charge is 0.294 e. The number of carbonyl (C=O) groups is 2. The van der Waals surface area contributed by atoms with E-state index in [0.29, 0.717) is 23.5 Å². The molecule has 0 atom stereocenters. The van der Waals surface area contributed by atoms with Crippen LogP contribution in [0.3, 0.4) is 0 Å². The van der Waals surface area contributed by atoms with Crippen molar-refractivity contribution in [2.45, 2.75) is 20.3 Å². The van der Waals surface area contributed by atoms with Gasteiger partial charge in [-0.25, -0.2) is 14.0 Å². The maximum absolute atomic E-state index is 13.8. The van der Waals surface area contributed by atoms with E-state index in [1.165, 1.54) is 28.9 Å². The van der Waals surface area contributed by atoms with Crippen molar-refractivity contribution in [3.63, 3.8) is 0 Å². The Hall–Kier alpha value is -4.59. The third kappa shape index (κ3) is 3.69. The van der Waals surface area contributed by atoms with Gasteiger partial charge in [0.2, 0.25) is 0 Å². The summed E-state index contributed by atoms with van der Waals surface area (Å²) in [7, 11) is 0. The predicted octanol–water partition coefficient (Wildman–Crippen LogP) is 3.40. The summed E-state index contributed by atoms with van der Waals surface area (Å²) in [6.45, 7) is 3.76. The summed E-state index contributed by atoms with van der Waals surface area (Å²) in [6.07, 6.45) is 3.73. The summed E-state index contributed by atoms with van der Waals surface area (Å²) in [5, 5.41) is 3.04. The number of nitrogens with zero attached hydrogens (tertiary/aromatic N) is 3. The highest BCUT2D eigenvalue weighted by molar-refractivity contribution is 6.53. The lowest BCUT2D eigenvalue weighted by molar-refractivity contribution is -0.576. The van der Waals surface area contributed by atoms with Crippen LogP contribution in [0.25, 0.3) is 17.0 Å². The Morgan fingerprint density at radius 3 is 2.11 bits per heavy atom. The molecule has 4 aromatic rings. The molecule has 35 heavy (non-hydrogen) atoms. The van der Waals surface area contributed by atoms with Gasteiger partial charge in [-0.15, -0.1) is 0 Å². The number of hydrogen-bond acceptors (Lipinski definition) is 3. The monoisotopic (exact) mass is 469 g/mol. The number of aryl methyl sites for hydroxylation is 2. The maximum Gasteiger partial charge on any atom is 0.331 e. The molecule has 0 radical (unpaired) electrons. The highest BCUT2D eigenvalue weighted by atomic mass is 19.1. The molecule has 7 nitrogen and oxygen atoms in total. The Balaban J connectivity index is 1.76. The number of amides is 2. The van der Waals surface area contributed by atoms with Crippen LogP contribution in [0.1, 0.15) is 23.7 Å². The topological polar surface area (TPSA) is 79.1 Å². The van der Waals surface area contributed by atoms with E-state index < -0.39 is 23.2 Å². The van der Waals surface area contributed by atoms with Crippen molar-refractivity contribution >= 4 is 28.8 Å². The first-order valence-corrected chi connectivity index (χ1v) is 11.2. The number of aromatic amines is 1. The van der Waals surface area contributed by atoms with Gasteiger partial charge in [-0.2, -0.15) is 4.57 Å². The molecule has 1 aliphatic rings. The molecule has 0 unspecified atom stereocenters. The molecule has 8 heteroatoms. The number of H-pyrrole nitrogens is 1. The minimum absolute atomic E-state index is 0.0192. The number of aromatic nitrogens is 3. The summed E-state index contributed by atoms with van der Waals surface area (Å²) in [4.78, 5) is 42.2. The Kier molecular flexibility index (Phi) is 5.49. The van der Waals surface area contributed by atoms with Crippen LogP contribution in [0.2, 0.25) is 0 Å². The number of imide groups is 1. The minimum Gasteiger partial charge on any atom is -0.294 e. The quantitative estimate of drug-likeness (QED) is 0.359. The molecule has 0 saturated heterocycles. The third-order valence-corrected chi connectivity index (χ3v) is 5.98. The number of benzene rings is 2. The number of hydrogen-bond donors (Lipinski definition) is 1. The number of halogens is 1. The zero-order valence-electron chi connectivity index (χ0n) is 19.2. The second-order valence-electron chi connectivity index (χ2n) is 8.22. The van der Waals surface area contributed by atoms with E-state index in [2.05, 4.69) is 5.10 Å². The standard InChI is InChI=1S/C27H21FN4O3/c1-3-21-22(26(34)32(29-21)20-13-9-18(28)10-14-20)23-24(30-15-5-4-6-16-30)27(35)31(25(23)33)19-11-7-17(2)8-12-19/h4-16H,3H2,1-2H3/p+1. The van der Waals surface area contributed by atoms with E-state index >= 15 is 0 Å². The lowest BCUT2D eigenvalue weighted by Gasteiger charge is -2.14. The molecule has 1 N–H and O–H groups in total. The van der Waals surface area contributed by atoms with Crippen molar-refractivity contribution in [2.75, 3.05) is 4.90 Å². The molecule has 5 rings (SSSR count). The lowest BCUT2D eigenvalue weighted by atomic mass is 10.0. The molecule has 0 aliphatic carbocycles. The van der Waals surface area contributed by atoms with Gasteiger partial charge in [0.15, 0.2) is 12.4 Å². The average molecular weight is 469 g/mol. The summed E-state index contributed by atoms with van der Waals surface area (Å²) in [5.74, 6) is -1.54. The first-order chi connectivity index (χ1) is 16.9. The fraction of sp³-hybridized carbons (Fsp3) is 0.111. The maximum atomic E-state index is 13.8. The van der Waals surface area contributed by atoms with E-state index in [1.807, 2.05) is 26.0 Å². The second-order valence-corrected chi connectivity index (χ2v) is 8.22. The molecular formula is C27H22FN4O3+. The molecule has 0 bridgehead atoms. The third-order valence-electron chi connectivity index (χ3n) is 5.98. The SMILES string of the molecule is CCc1[nH]n(-c2ccc(F)cc2)c(=O)c1C1=C([n+]2ccccc2)C(=O)N(c2ccc(C)cc2)C1=O. The fourth-order valence-electron chi connectivity index (χ4n) is 4.23. The lowest BCUT2D eigenvalue weighted by Crippen LogP contribution is -2.39. The molecule has 1 aliphatic heterocycles. The average Bonchev–Trinajstić information content (AvgIpc) is 3.33. The van der Waals surface area contributed by atoms with Gasteiger partial charge in [0.1, 0.15) is 11.4 Å². The van der Waals surface area contributed by atoms with Crippen molar-refractivity contribution in [3.05, 3.63) is 112 Å². The van der Waals surface area contributed by atoms with E-state index in [9.17, 15) is 18.8 Å². The second kappa shape index (κ2) is 8.64. The first-order valence-electron chi connectivity index (χ1n) is 11.2. The van der Waals surface area contributed by atoms with Gasteiger partial charge >= 0.3 is 5.91 Å². The van der Waals surface area contributed by atoms with Gasteiger partial charge in [-0.1, -0.05) is 30.7 Å². The van der Waals surface area contributed by atoms with Crippen LogP contribution in [0.5, 0.6) is 0 Å². The van der Waals surface area contributed by atoms with Crippen molar-refractivity contribution < 1.29 is 18.5 Å². The van der Waals surface area contributed by atoms with Crippen molar-refractivity contribution in [3.8, 4) is 5.69 Å². The normalized spacial score (nSPS) is 13.7. The molecule has 3 heterocycles. The Morgan fingerprint density at radius 1 is 0.857 bits per heavy atom. The highest BCUT2D eigenvalue weighted by Gasteiger charge is 2.48. The first kappa shape index (κ1) is 22.2. The van der Waals surface area contributed by atoms with Crippen LogP contribution in [0.4, 0.5) is 10.1 Å². The van der Waals surface area contributed by atoms with Crippen LogP contribution >= 0.6 is 0 Å². The van der Waals surface area contributed by atoms with E-state index in [0.717, 1.165) is 10.5 Å². The number of carbonyl (C=O) groups excluding carboxylic acids is 2. The zero-order chi connectivity index (χ0) is 24.7. The highest BCUT2D eigenvalue weighted by Crippen LogP contribution is 2.33. The number of anilines is 1. The molecular weight excluding hydrogens is 447 g/mol. The number of pyridine rings is 1. The Morgan fingerprint density at radius 2 is 1.49 bits per heavy atom. The minimum atomic E-state index is -0.581. The number of rotatable bonds is 5. The Bertz CT molecular complexity index is 1530. The van der Waals surface area contributed by atoms with Gasteiger partial charge in [0.05, 0.1) is 16.9 Å². The van der Waals surface area contributed by atoms with Crippen LogP contribution in [-0.2, 0) is 16.0 Å². The van der Waals surface area contributed by atoms with Crippen LogP contribution in [-0.4, -0.2) is 21.6 Å². The zero-order valence-corrected chi connectivity index (χ0v) is 19.2. The largest absolute Gasteiger partial charge is 0.331 e. The molecule has 0 fully saturated rings. The molecule has 2 aromatic carbocycles. The predicted molar refractivity (Wildman–Crippen MR) is 129 cm³/mol. The Labute approximate surface area is 200 Å². The number of nitrogens with one attached hydrogen (secondary N) is 1. The van der Waals surface area contributed by atoms with Gasteiger partial charge in [0.25, 0.3) is 17.2 Å². The summed E-state index contributed by atoms with van der Waals surface area (Å²) in [5.41, 5.74) is 2.05. The van der Waals surface area contributed by atoms with E-state index in [1.54, 1.807) is 47.3 Å². The van der Waals surface area contributed by atoms with Gasteiger partial charge in [0, 0.05) is 17.8 Å². The molecule has 2 amide bonds. The van der Waals surface area contributed by atoms with Crippen molar-refractivity contribution in [1.29, 1.82) is 0 Å². The van der Waals surface area contributed by atoms with Crippen molar-refractivity contribution in [1.82, 2.24) is 9.78 Å². The van der Waals surface area contributed by atoms with Gasteiger partial charge in [-0.3, -0.25) is 19.5 Å². The van der Waals surface area contributed by atoms with E-state index in [-0.39, 0.29) is 16.8 Å².